The van der Waals surface area contributed by atoms with Crippen LogP contribution in [0.25, 0.3) is 11.0 Å². The third-order valence-corrected chi connectivity index (χ3v) is 12.4. The van der Waals surface area contributed by atoms with Gasteiger partial charge in [0, 0.05) is 42.4 Å². The summed E-state index contributed by atoms with van der Waals surface area (Å²) in [7, 11) is 0. The van der Waals surface area contributed by atoms with Crippen LogP contribution in [-0.2, 0) is 19.1 Å². The number of Topliss-reactive ketones (excluding diaryl/α,β-unsaturated/α-hetero) is 1. The number of halogens is 1. The molecule has 0 saturated heterocycles. The lowest BCUT2D eigenvalue weighted by atomic mass is 9.50. The van der Waals surface area contributed by atoms with Gasteiger partial charge in [0.05, 0.1) is 28.6 Å². The van der Waals surface area contributed by atoms with Crippen molar-refractivity contribution < 1.29 is 24.2 Å². The summed E-state index contributed by atoms with van der Waals surface area (Å²) in [6.07, 6.45) is 15.8. The number of ketones is 2. The second-order valence-corrected chi connectivity index (χ2v) is 14.7. The number of aromatic nitrogens is 2. The van der Waals surface area contributed by atoms with E-state index in [2.05, 4.69) is 49.2 Å². The molecule has 1 aromatic carbocycles. The number of carbonyl (C=O) groups is 3. The second-order valence-electron chi connectivity index (χ2n) is 13.9. The highest BCUT2D eigenvalue weighted by molar-refractivity contribution is 9.10. The quantitative estimate of drug-likeness (QED) is 0.276. The summed E-state index contributed by atoms with van der Waals surface area (Å²) >= 11 is 3.61. The van der Waals surface area contributed by atoms with Crippen LogP contribution in [0.3, 0.4) is 0 Å². The molecule has 11 heteroatoms. The van der Waals surface area contributed by atoms with Crippen LogP contribution < -0.4 is 5.32 Å². The number of carbonyl (C=O) groups excluding carboxylic acids is 3. The van der Waals surface area contributed by atoms with E-state index < -0.39 is 29.4 Å². The molecule has 10 nitrogen and oxygen atoms in total. The molecule has 0 unspecified atom stereocenters. The first kappa shape index (κ1) is 31.9. The van der Waals surface area contributed by atoms with Gasteiger partial charge < -0.3 is 20.1 Å². The molecule has 1 aromatic heterocycles. The molecule has 246 valence electrons. The van der Waals surface area contributed by atoms with Crippen molar-refractivity contribution in [2.75, 3.05) is 25.0 Å². The number of aliphatic hydroxyl groups is 1. The Balaban J connectivity index is 0.951. The van der Waals surface area contributed by atoms with Crippen LogP contribution in [0.5, 0.6) is 0 Å². The van der Waals surface area contributed by atoms with Gasteiger partial charge in [0.1, 0.15) is 11.1 Å². The maximum atomic E-state index is 13.6. The van der Waals surface area contributed by atoms with E-state index in [1.54, 1.807) is 24.7 Å². The highest BCUT2D eigenvalue weighted by Crippen LogP contribution is 2.65. The number of rotatable bonds is 7. The highest BCUT2D eigenvalue weighted by Gasteiger charge is 2.64. The number of aliphatic imine (C=N–C) groups is 1. The Hall–Kier alpha value is -3.70. The second kappa shape index (κ2) is 12.1. The van der Waals surface area contributed by atoms with Gasteiger partial charge in [-0.15, -0.1) is 0 Å². The first-order valence-corrected chi connectivity index (χ1v) is 17.3. The van der Waals surface area contributed by atoms with Crippen LogP contribution >= 0.6 is 15.9 Å². The fraction of sp³-hybridized carbons (Fsp3) is 0.500. The number of hydrogen-bond acceptors (Lipinski definition) is 10. The monoisotopic (exact) mass is 701 g/mol. The van der Waals surface area contributed by atoms with Gasteiger partial charge in [-0.1, -0.05) is 37.1 Å². The predicted molar refractivity (Wildman–Crippen MR) is 181 cm³/mol. The minimum absolute atomic E-state index is 0.0181. The van der Waals surface area contributed by atoms with Gasteiger partial charge in [-0.05, 0) is 84.5 Å². The number of nitrogens with one attached hydrogen (secondary N) is 1. The maximum Gasteiger partial charge on any atom is 0.310 e. The van der Waals surface area contributed by atoms with Crippen molar-refractivity contribution in [3.05, 3.63) is 64.6 Å². The SMILES string of the molecule is C[C@]12CCC(=O)C=C1CC[C@@H]1C2=CC[C@@]2(C)[C@H]1CC[C@]2(O)C(=O)COC(=O)C/C=C/N1CCN=C1Nc1ccc2nccnc2c1Br. The van der Waals surface area contributed by atoms with Crippen molar-refractivity contribution in [1.82, 2.24) is 14.9 Å². The largest absolute Gasteiger partial charge is 0.457 e. The van der Waals surface area contributed by atoms with Gasteiger partial charge >= 0.3 is 5.97 Å². The number of hydrogen-bond donors (Lipinski definition) is 2. The van der Waals surface area contributed by atoms with Crippen LogP contribution in [0.2, 0.25) is 0 Å². The molecular weight excluding hydrogens is 662 g/mol. The maximum absolute atomic E-state index is 13.6. The Morgan fingerprint density at radius 1 is 1.17 bits per heavy atom. The van der Waals surface area contributed by atoms with Crippen molar-refractivity contribution in [3.8, 4) is 0 Å². The van der Waals surface area contributed by atoms with Crippen LogP contribution in [-0.4, -0.2) is 68.8 Å². The van der Waals surface area contributed by atoms with Crippen molar-refractivity contribution in [2.45, 2.75) is 70.8 Å². The zero-order valence-electron chi connectivity index (χ0n) is 26.8. The van der Waals surface area contributed by atoms with Crippen LogP contribution in [0.15, 0.2) is 69.6 Å². The average Bonchev–Trinajstić information content (AvgIpc) is 3.62. The summed E-state index contributed by atoms with van der Waals surface area (Å²) in [4.78, 5) is 53.6. The van der Waals surface area contributed by atoms with Gasteiger partial charge in [0.15, 0.2) is 12.4 Å². The molecule has 7 rings (SSSR count). The molecule has 0 bridgehead atoms. The molecule has 2 N–H and O–H groups in total. The fourth-order valence-corrected chi connectivity index (χ4v) is 9.40. The minimum atomic E-state index is -1.55. The summed E-state index contributed by atoms with van der Waals surface area (Å²) in [6.45, 7) is 5.10. The van der Waals surface area contributed by atoms with Gasteiger partial charge in [0.25, 0.3) is 0 Å². The first-order chi connectivity index (χ1) is 22.5. The van der Waals surface area contributed by atoms with E-state index >= 15 is 0 Å². The lowest BCUT2D eigenvalue weighted by Gasteiger charge is -2.54. The highest BCUT2D eigenvalue weighted by atomic mass is 79.9. The molecule has 2 heterocycles. The van der Waals surface area contributed by atoms with E-state index in [9.17, 15) is 19.5 Å². The average molecular weight is 703 g/mol. The van der Waals surface area contributed by atoms with Crippen molar-refractivity contribution >= 4 is 56.1 Å². The molecule has 2 aromatic rings. The van der Waals surface area contributed by atoms with Crippen molar-refractivity contribution in [2.24, 2.45) is 27.7 Å². The lowest BCUT2D eigenvalue weighted by molar-refractivity contribution is -0.163. The van der Waals surface area contributed by atoms with E-state index in [4.69, 9.17) is 4.74 Å². The summed E-state index contributed by atoms with van der Waals surface area (Å²) in [6, 6.07) is 3.79. The summed E-state index contributed by atoms with van der Waals surface area (Å²) in [5, 5.41) is 15.2. The smallest absolute Gasteiger partial charge is 0.310 e. The molecule has 2 fully saturated rings. The van der Waals surface area contributed by atoms with E-state index in [-0.39, 0.29) is 29.5 Å². The zero-order valence-corrected chi connectivity index (χ0v) is 28.4. The van der Waals surface area contributed by atoms with E-state index in [0.29, 0.717) is 38.3 Å². The van der Waals surface area contributed by atoms with E-state index in [1.165, 1.54) is 11.1 Å². The normalized spacial score (nSPS) is 31.5. The van der Waals surface area contributed by atoms with Gasteiger partial charge in [-0.3, -0.25) is 29.3 Å². The Bertz CT molecular complexity index is 1790. The lowest BCUT2D eigenvalue weighted by Crippen LogP contribution is -2.55. The molecule has 4 aliphatic carbocycles. The summed E-state index contributed by atoms with van der Waals surface area (Å²) < 4.78 is 6.20. The van der Waals surface area contributed by atoms with Gasteiger partial charge in [-0.25, -0.2) is 0 Å². The molecule has 5 aliphatic rings. The number of anilines is 1. The number of allylic oxidation sites excluding steroid dienone is 4. The topological polar surface area (TPSA) is 134 Å². The number of guanidine groups is 1. The summed E-state index contributed by atoms with van der Waals surface area (Å²) in [5.74, 6) is 0.349. The molecule has 1 aliphatic heterocycles. The van der Waals surface area contributed by atoms with E-state index in [1.807, 2.05) is 30.0 Å². The minimum Gasteiger partial charge on any atom is -0.457 e. The third kappa shape index (κ3) is 5.35. The van der Waals surface area contributed by atoms with Crippen LogP contribution in [0.1, 0.15) is 65.2 Å². The third-order valence-electron chi connectivity index (χ3n) is 11.6. The Morgan fingerprint density at radius 2 is 2.00 bits per heavy atom. The fourth-order valence-electron chi connectivity index (χ4n) is 8.87. The molecule has 0 amide bonds. The molecule has 5 atom stereocenters. The van der Waals surface area contributed by atoms with Gasteiger partial charge in [0.2, 0.25) is 11.7 Å². The number of benzene rings is 1. The van der Waals surface area contributed by atoms with Crippen molar-refractivity contribution in [3.63, 3.8) is 0 Å². The number of ether oxygens (including phenoxy) is 1. The Labute approximate surface area is 282 Å². The molecular formula is C36H40BrN5O5. The molecule has 0 radical (unpaired) electrons. The van der Waals surface area contributed by atoms with E-state index in [0.717, 1.165) is 46.9 Å². The molecule has 47 heavy (non-hydrogen) atoms. The zero-order chi connectivity index (χ0) is 33.0. The van der Waals surface area contributed by atoms with Crippen LogP contribution in [0, 0.1) is 22.7 Å². The Kier molecular flexibility index (Phi) is 8.19. The molecule has 2 saturated carbocycles. The van der Waals surface area contributed by atoms with Crippen LogP contribution in [0.4, 0.5) is 5.69 Å². The number of nitrogens with zero attached hydrogens (tertiary/aromatic N) is 4. The number of esters is 1. The van der Waals surface area contributed by atoms with Crippen molar-refractivity contribution in [1.29, 1.82) is 0 Å². The predicted octanol–water partition coefficient (Wildman–Crippen LogP) is 5.68. The standard InChI is InChI=1S/C36H40BrN5O5/c1-34-12-9-23(43)20-22(34)5-6-24-25(34)10-13-35(2)26(24)11-14-36(35,46)29(44)21-47-30(45)4-3-18-42-19-17-40-33(42)41-27-7-8-28-32(31(27)37)39-16-15-38-28/h3,7-8,10,15-16,18,20,24,26,46H,4-6,9,11-14,17,19,21H2,1-2H3,(H,40,41)/b18-3+/t24-,26+,34+,35+,36+/m1/s1. The van der Waals surface area contributed by atoms with Gasteiger partial charge in [-0.2, -0.15) is 0 Å². The summed E-state index contributed by atoms with van der Waals surface area (Å²) in [5.41, 5.74) is 2.66. The number of fused-ring (bicyclic) bond motifs is 6. The molecule has 0 spiro atoms. The first-order valence-electron chi connectivity index (χ1n) is 16.5. The Morgan fingerprint density at radius 3 is 2.85 bits per heavy atom.